The maximum absolute atomic E-state index is 12.0. The van der Waals surface area contributed by atoms with Gasteiger partial charge in [0.15, 0.2) is 0 Å². The van der Waals surface area contributed by atoms with Crippen LogP contribution in [0.25, 0.3) is 0 Å². The molecule has 0 bridgehead atoms. The molecule has 110 valence electrons. The molecule has 1 aliphatic rings. The van der Waals surface area contributed by atoms with Gasteiger partial charge in [-0.1, -0.05) is 23.7 Å². The zero-order valence-corrected chi connectivity index (χ0v) is 12.4. The van der Waals surface area contributed by atoms with Crippen molar-refractivity contribution >= 4 is 17.6 Å². The molecule has 1 aromatic rings. The van der Waals surface area contributed by atoms with E-state index in [1.807, 2.05) is 31.2 Å². The first kappa shape index (κ1) is 15.1. The van der Waals surface area contributed by atoms with Crippen LogP contribution in [-0.4, -0.2) is 23.8 Å². The Balaban J connectivity index is 1.91. The maximum atomic E-state index is 12.0. The second-order valence-electron chi connectivity index (χ2n) is 5.46. The zero-order chi connectivity index (χ0) is 14.6. The molecule has 0 radical (unpaired) electrons. The van der Waals surface area contributed by atoms with Gasteiger partial charge < -0.3 is 15.7 Å². The Morgan fingerprint density at radius 3 is 2.85 bits per heavy atom. The Morgan fingerprint density at radius 2 is 2.25 bits per heavy atom. The normalized spacial score (nSPS) is 17.4. The second-order valence-corrected chi connectivity index (χ2v) is 5.89. The molecule has 0 aromatic heterocycles. The van der Waals surface area contributed by atoms with Gasteiger partial charge in [-0.15, -0.1) is 0 Å². The van der Waals surface area contributed by atoms with Crippen molar-refractivity contribution < 1.29 is 9.90 Å². The minimum absolute atomic E-state index is 0.0531. The van der Waals surface area contributed by atoms with Gasteiger partial charge in [0.1, 0.15) is 0 Å². The molecule has 1 aliphatic carbocycles. The van der Waals surface area contributed by atoms with E-state index in [2.05, 4.69) is 10.6 Å². The van der Waals surface area contributed by atoms with E-state index >= 15 is 0 Å². The van der Waals surface area contributed by atoms with Crippen molar-refractivity contribution in [1.29, 1.82) is 0 Å². The fourth-order valence-electron chi connectivity index (χ4n) is 2.34. The van der Waals surface area contributed by atoms with Crippen molar-refractivity contribution in [2.24, 2.45) is 0 Å². The number of hydrogen-bond donors (Lipinski definition) is 3. The number of aliphatic hydroxyl groups is 1. The van der Waals surface area contributed by atoms with Gasteiger partial charge in [-0.3, -0.25) is 0 Å². The number of halogens is 1. The lowest BCUT2D eigenvalue weighted by molar-refractivity contribution is 0.229. The number of hydrogen-bond acceptors (Lipinski definition) is 2. The summed E-state index contributed by atoms with van der Waals surface area (Å²) in [5.41, 5.74) is 0.800. The van der Waals surface area contributed by atoms with Crippen LogP contribution in [0.5, 0.6) is 0 Å². The number of carbonyl (C=O) groups excluding carboxylic acids is 1. The van der Waals surface area contributed by atoms with E-state index < -0.39 is 0 Å². The second kappa shape index (κ2) is 6.46. The van der Waals surface area contributed by atoms with Crippen LogP contribution in [0.4, 0.5) is 4.79 Å². The van der Waals surface area contributed by atoms with Gasteiger partial charge in [-0.05, 0) is 50.3 Å². The van der Waals surface area contributed by atoms with E-state index in [1.165, 1.54) is 0 Å². The largest absolute Gasteiger partial charge is 0.396 e. The minimum Gasteiger partial charge on any atom is -0.396 e. The molecule has 1 unspecified atom stereocenters. The molecule has 1 saturated carbocycles. The van der Waals surface area contributed by atoms with E-state index in [1.54, 1.807) is 0 Å². The molecule has 1 aromatic carbocycles. The third kappa shape index (κ3) is 3.87. The summed E-state index contributed by atoms with van der Waals surface area (Å²) in [4.78, 5) is 12.0. The summed E-state index contributed by atoms with van der Waals surface area (Å²) < 4.78 is 0. The summed E-state index contributed by atoms with van der Waals surface area (Å²) in [6.07, 6.45) is 3.34. The van der Waals surface area contributed by atoms with Crippen molar-refractivity contribution in [3.8, 4) is 0 Å². The van der Waals surface area contributed by atoms with Gasteiger partial charge in [-0.2, -0.15) is 0 Å². The predicted octanol–water partition coefficient (Wildman–Crippen LogP) is 2.79. The first-order chi connectivity index (χ1) is 9.55. The third-order valence-corrected chi connectivity index (χ3v) is 3.89. The van der Waals surface area contributed by atoms with E-state index in [0.717, 1.165) is 24.8 Å². The molecule has 3 N–H and O–H groups in total. The standard InChI is InChI=1S/C15H21ClN2O2/c1-11(4-3-9-19)17-14(20)18-15(7-8-15)12-5-2-6-13(16)10-12/h2,5-6,10-11,19H,3-4,7-9H2,1H3,(H2,17,18,20). The molecule has 0 spiro atoms. The van der Waals surface area contributed by atoms with Crippen molar-refractivity contribution in [2.75, 3.05) is 6.61 Å². The van der Waals surface area contributed by atoms with Crippen LogP contribution in [0, 0.1) is 0 Å². The molecular formula is C15H21ClN2O2. The molecule has 0 heterocycles. The third-order valence-electron chi connectivity index (χ3n) is 3.65. The zero-order valence-electron chi connectivity index (χ0n) is 11.7. The number of urea groups is 1. The molecule has 20 heavy (non-hydrogen) atoms. The van der Waals surface area contributed by atoms with Gasteiger partial charge in [0.25, 0.3) is 0 Å². The first-order valence-corrected chi connectivity index (χ1v) is 7.39. The van der Waals surface area contributed by atoms with Gasteiger partial charge >= 0.3 is 6.03 Å². The number of carbonyl (C=O) groups is 1. The number of rotatable bonds is 6. The Labute approximate surface area is 124 Å². The highest BCUT2D eigenvalue weighted by molar-refractivity contribution is 6.30. The number of amides is 2. The molecule has 2 amide bonds. The van der Waals surface area contributed by atoms with Crippen LogP contribution in [0.2, 0.25) is 5.02 Å². The van der Waals surface area contributed by atoms with Crippen molar-refractivity contribution in [2.45, 2.75) is 44.2 Å². The van der Waals surface area contributed by atoms with Gasteiger partial charge in [-0.25, -0.2) is 4.79 Å². The molecule has 5 heteroatoms. The van der Waals surface area contributed by atoms with Crippen LogP contribution >= 0.6 is 11.6 Å². The molecule has 2 rings (SSSR count). The Kier molecular flexibility index (Phi) is 4.89. The molecule has 1 atom stereocenters. The quantitative estimate of drug-likeness (QED) is 0.756. The summed E-state index contributed by atoms with van der Waals surface area (Å²) in [5.74, 6) is 0. The van der Waals surface area contributed by atoms with Crippen LogP contribution in [-0.2, 0) is 5.54 Å². The fourth-order valence-corrected chi connectivity index (χ4v) is 2.53. The van der Waals surface area contributed by atoms with Gasteiger partial charge in [0, 0.05) is 17.7 Å². The van der Waals surface area contributed by atoms with Crippen molar-refractivity contribution in [3.05, 3.63) is 34.9 Å². The summed E-state index contributed by atoms with van der Waals surface area (Å²) in [6.45, 7) is 2.09. The van der Waals surface area contributed by atoms with Crippen LogP contribution in [0.3, 0.4) is 0 Å². The Bertz CT molecular complexity index is 475. The smallest absolute Gasteiger partial charge is 0.315 e. The molecule has 0 saturated heterocycles. The SMILES string of the molecule is CC(CCCO)NC(=O)NC1(c2cccc(Cl)c2)CC1. The lowest BCUT2D eigenvalue weighted by Crippen LogP contribution is -2.45. The lowest BCUT2D eigenvalue weighted by atomic mass is 10.1. The van der Waals surface area contributed by atoms with Crippen LogP contribution in [0.1, 0.15) is 38.2 Å². The highest BCUT2D eigenvalue weighted by Crippen LogP contribution is 2.45. The van der Waals surface area contributed by atoms with Gasteiger partial charge in [0.05, 0.1) is 5.54 Å². The molecule has 4 nitrogen and oxygen atoms in total. The summed E-state index contributed by atoms with van der Waals surface area (Å²) in [5, 5.41) is 15.4. The number of nitrogens with one attached hydrogen (secondary N) is 2. The number of benzene rings is 1. The highest BCUT2D eigenvalue weighted by Gasteiger charge is 2.45. The molecular weight excluding hydrogens is 276 g/mol. The van der Waals surface area contributed by atoms with Gasteiger partial charge in [0.2, 0.25) is 0 Å². The van der Waals surface area contributed by atoms with E-state index in [-0.39, 0.29) is 24.2 Å². The van der Waals surface area contributed by atoms with Crippen LogP contribution in [0.15, 0.2) is 24.3 Å². The average Bonchev–Trinajstić information content (AvgIpc) is 3.17. The predicted molar refractivity (Wildman–Crippen MR) is 79.8 cm³/mol. The Hall–Kier alpha value is -1.26. The lowest BCUT2D eigenvalue weighted by Gasteiger charge is -2.21. The Morgan fingerprint density at radius 1 is 1.50 bits per heavy atom. The fraction of sp³-hybridized carbons (Fsp3) is 0.533. The average molecular weight is 297 g/mol. The van der Waals surface area contributed by atoms with Crippen molar-refractivity contribution in [1.82, 2.24) is 10.6 Å². The summed E-state index contributed by atoms with van der Waals surface area (Å²) in [6, 6.07) is 7.53. The monoisotopic (exact) mass is 296 g/mol. The molecule has 1 fully saturated rings. The van der Waals surface area contributed by atoms with E-state index in [4.69, 9.17) is 16.7 Å². The maximum Gasteiger partial charge on any atom is 0.315 e. The topological polar surface area (TPSA) is 61.4 Å². The van der Waals surface area contributed by atoms with Crippen molar-refractivity contribution in [3.63, 3.8) is 0 Å². The van der Waals surface area contributed by atoms with Crippen LogP contribution < -0.4 is 10.6 Å². The van der Waals surface area contributed by atoms with E-state index in [0.29, 0.717) is 11.4 Å². The molecule has 0 aliphatic heterocycles. The first-order valence-electron chi connectivity index (χ1n) is 7.01. The summed E-state index contributed by atoms with van der Waals surface area (Å²) in [7, 11) is 0. The van der Waals surface area contributed by atoms with E-state index in [9.17, 15) is 4.79 Å². The highest BCUT2D eigenvalue weighted by atomic mass is 35.5. The minimum atomic E-state index is -0.258. The number of aliphatic hydroxyl groups excluding tert-OH is 1. The summed E-state index contributed by atoms with van der Waals surface area (Å²) >= 11 is 6.00.